The zero-order valence-corrected chi connectivity index (χ0v) is 21.3. The number of H-pyrrole nitrogens is 1. The molecule has 1 unspecified atom stereocenters. The molecule has 2 heterocycles. The van der Waals surface area contributed by atoms with Gasteiger partial charge in [0.15, 0.2) is 0 Å². The van der Waals surface area contributed by atoms with Gasteiger partial charge in [0.1, 0.15) is 17.3 Å². The van der Waals surface area contributed by atoms with Crippen LogP contribution in [0.1, 0.15) is 29.8 Å². The second-order valence-electron chi connectivity index (χ2n) is 8.66. The number of Topliss-reactive ketones (excluding diaryl/α,β-unsaturated/α-hetero) is 1. The Morgan fingerprint density at radius 2 is 1.86 bits per heavy atom. The number of benzene rings is 3. The highest BCUT2D eigenvalue weighted by molar-refractivity contribution is 6.52. The molecule has 3 aromatic carbocycles. The average molecular weight is 517 g/mol. The molecule has 1 saturated heterocycles. The van der Waals surface area contributed by atoms with Gasteiger partial charge in [-0.05, 0) is 50.2 Å². The zero-order valence-electron chi connectivity index (χ0n) is 20.5. The van der Waals surface area contributed by atoms with E-state index in [2.05, 4.69) is 4.98 Å². The van der Waals surface area contributed by atoms with Gasteiger partial charge < -0.3 is 19.6 Å². The fraction of sp³-hybridized carbons (Fsp3) is 0.172. The van der Waals surface area contributed by atoms with E-state index >= 15 is 0 Å². The highest BCUT2D eigenvalue weighted by atomic mass is 35.5. The topological polar surface area (TPSA) is 91.9 Å². The number of nitrogens with zero attached hydrogens (tertiary/aromatic N) is 1. The first-order chi connectivity index (χ1) is 17.8. The highest BCUT2D eigenvalue weighted by Crippen LogP contribution is 2.46. The number of rotatable bonds is 6. The molecule has 8 heteroatoms. The van der Waals surface area contributed by atoms with Gasteiger partial charge in [-0.2, -0.15) is 0 Å². The first-order valence-electron chi connectivity index (χ1n) is 11.8. The number of halogens is 1. The van der Waals surface area contributed by atoms with E-state index in [0.29, 0.717) is 34.4 Å². The predicted octanol–water partition coefficient (Wildman–Crippen LogP) is 6.16. The number of aromatic amines is 1. The fourth-order valence-electron chi connectivity index (χ4n) is 4.86. The van der Waals surface area contributed by atoms with Crippen LogP contribution in [0.4, 0.5) is 5.69 Å². The summed E-state index contributed by atoms with van der Waals surface area (Å²) in [6, 6.07) is 18.5. The molecule has 1 aliphatic heterocycles. The van der Waals surface area contributed by atoms with Gasteiger partial charge in [-0.1, -0.05) is 35.9 Å². The molecule has 188 valence electrons. The molecule has 0 saturated carbocycles. The molecule has 1 aromatic heterocycles. The third kappa shape index (κ3) is 4.11. The van der Waals surface area contributed by atoms with E-state index in [9.17, 15) is 14.7 Å². The normalized spacial score (nSPS) is 17.0. The van der Waals surface area contributed by atoms with Crippen molar-refractivity contribution < 1.29 is 24.2 Å². The van der Waals surface area contributed by atoms with Crippen LogP contribution >= 0.6 is 11.6 Å². The molecule has 5 rings (SSSR count). The maximum Gasteiger partial charge on any atom is 0.300 e. The Bertz CT molecular complexity index is 1570. The van der Waals surface area contributed by atoms with Crippen molar-refractivity contribution in [1.82, 2.24) is 4.98 Å². The van der Waals surface area contributed by atoms with Crippen molar-refractivity contribution in [3.8, 4) is 11.5 Å². The van der Waals surface area contributed by atoms with Crippen molar-refractivity contribution in [3.63, 3.8) is 0 Å². The number of aliphatic hydroxyl groups is 1. The number of hydrogen-bond donors (Lipinski definition) is 2. The maximum absolute atomic E-state index is 13.6. The average Bonchev–Trinajstić information content (AvgIpc) is 3.37. The number of carbonyl (C=O) groups is 2. The van der Waals surface area contributed by atoms with Crippen LogP contribution in [0.3, 0.4) is 0 Å². The summed E-state index contributed by atoms with van der Waals surface area (Å²) in [6.45, 7) is 4.08. The minimum atomic E-state index is -0.894. The molecule has 37 heavy (non-hydrogen) atoms. The summed E-state index contributed by atoms with van der Waals surface area (Å²) in [5.74, 6) is -0.939. The van der Waals surface area contributed by atoms with Crippen LogP contribution in [0.5, 0.6) is 11.5 Å². The molecule has 1 aliphatic rings. The molecule has 1 atom stereocenters. The van der Waals surface area contributed by atoms with E-state index in [1.807, 2.05) is 38.1 Å². The Kier molecular flexibility index (Phi) is 6.39. The number of anilines is 1. The molecule has 0 radical (unpaired) electrons. The second kappa shape index (κ2) is 9.67. The van der Waals surface area contributed by atoms with Gasteiger partial charge >= 0.3 is 0 Å². The van der Waals surface area contributed by atoms with E-state index in [-0.39, 0.29) is 11.3 Å². The molecule has 1 amide bonds. The molecule has 0 aliphatic carbocycles. The van der Waals surface area contributed by atoms with E-state index in [1.54, 1.807) is 42.5 Å². The first-order valence-corrected chi connectivity index (χ1v) is 12.2. The number of ether oxygens (including phenoxy) is 2. The van der Waals surface area contributed by atoms with Crippen LogP contribution in [-0.4, -0.2) is 35.5 Å². The minimum Gasteiger partial charge on any atom is -0.507 e. The monoisotopic (exact) mass is 516 g/mol. The molecular weight excluding hydrogens is 492 g/mol. The van der Waals surface area contributed by atoms with Crippen molar-refractivity contribution in [2.75, 3.05) is 18.6 Å². The second-order valence-corrected chi connectivity index (χ2v) is 9.07. The van der Waals surface area contributed by atoms with Gasteiger partial charge in [0, 0.05) is 39.5 Å². The summed E-state index contributed by atoms with van der Waals surface area (Å²) in [6.07, 6.45) is 0. The first kappa shape index (κ1) is 24.5. The van der Waals surface area contributed by atoms with E-state index in [4.69, 9.17) is 21.1 Å². The Morgan fingerprint density at radius 3 is 2.62 bits per heavy atom. The standard InChI is InChI=1S/C29H25ClN2O5/c1-4-37-23-14-17(12-13-21(23)30)27(33)25-26(24-16(2)31-22-11-6-5-10-20(22)24)32(29(35)28(25)34)18-8-7-9-19(15-18)36-3/h5-15,26,31,33H,4H2,1-3H3/b27-25+. The van der Waals surface area contributed by atoms with Crippen molar-refractivity contribution >= 4 is 45.6 Å². The summed E-state index contributed by atoms with van der Waals surface area (Å²) in [4.78, 5) is 31.9. The number of amides is 1. The predicted molar refractivity (Wildman–Crippen MR) is 143 cm³/mol. The van der Waals surface area contributed by atoms with Crippen molar-refractivity contribution in [2.45, 2.75) is 19.9 Å². The van der Waals surface area contributed by atoms with Crippen molar-refractivity contribution in [1.29, 1.82) is 0 Å². The summed E-state index contributed by atoms with van der Waals surface area (Å²) in [5.41, 5.74) is 3.12. The number of aliphatic hydroxyl groups excluding tert-OH is 1. The lowest BCUT2D eigenvalue weighted by Crippen LogP contribution is -2.29. The van der Waals surface area contributed by atoms with E-state index in [1.165, 1.54) is 12.0 Å². The number of aryl methyl sites for hydroxylation is 1. The summed E-state index contributed by atoms with van der Waals surface area (Å²) in [7, 11) is 1.53. The minimum absolute atomic E-state index is 0.0227. The van der Waals surface area contributed by atoms with Gasteiger partial charge in [-0.25, -0.2) is 0 Å². The van der Waals surface area contributed by atoms with Crippen molar-refractivity contribution in [2.24, 2.45) is 0 Å². The number of methoxy groups -OCH3 is 1. The number of aromatic nitrogens is 1. The lowest BCUT2D eigenvalue weighted by atomic mass is 9.93. The summed E-state index contributed by atoms with van der Waals surface area (Å²) in [5, 5.41) is 12.8. The molecule has 1 fully saturated rings. The van der Waals surface area contributed by atoms with Crippen LogP contribution in [0.25, 0.3) is 16.7 Å². The van der Waals surface area contributed by atoms with Gasteiger partial charge in [0.2, 0.25) is 0 Å². The number of fused-ring (bicyclic) bond motifs is 1. The van der Waals surface area contributed by atoms with Crippen LogP contribution in [0.15, 0.2) is 72.3 Å². The Morgan fingerprint density at radius 1 is 1.08 bits per heavy atom. The van der Waals surface area contributed by atoms with E-state index in [0.717, 1.165) is 22.2 Å². The summed E-state index contributed by atoms with van der Waals surface area (Å²) >= 11 is 6.25. The summed E-state index contributed by atoms with van der Waals surface area (Å²) < 4.78 is 11.0. The Labute approximate surface area is 218 Å². The smallest absolute Gasteiger partial charge is 0.300 e. The number of nitrogens with one attached hydrogen (secondary N) is 1. The molecule has 2 N–H and O–H groups in total. The molecule has 4 aromatic rings. The van der Waals surface area contributed by atoms with Gasteiger partial charge in [-0.3, -0.25) is 14.5 Å². The Hall–Kier alpha value is -4.23. The largest absolute Gasteiger partial charge is 0.507 e. The molecule has 0 bridgehead atoms. The Balaban J connectivity index is 1.79. The van der Waals surface area contributed by atoms with Crippen LogP contribution < -0.4 is 14.4 Å². The van der Waals surface area contributed by atoms with Gasteiger partial charge in [0.25, 0.3) is 11.7 Å². The zero-order chi connectivity index (χ0) is 26.3. The van der Waals surface area contributed by atoms with Crippen LogP contribution in [-0.2, 0) is 9.59 Å². The lowest BCUT2D eigenvalue weighted by molar-refractivity contribution is -0.132. The lowest BCUT2D eigenvalue weighted by Gasteiger charge is -2.26. The SMILES string of the molecule is CCOc1cc(/C(O)=C2\C(=O)C(=O)N(c3cccc(OC)c3)C2c2c(C)[nH]c3ccccc23)ccc1Cl. The number of ketones is 1. The fourth-order valence-corrected chi connectivity index (χ4v) is 5.03. The number of carbonyl (C=O) groups excluding carboxylic acids is 2. The number of hydrogen-bond acceptors (Lipinski definition) is 5. The molecule has 7 nitrogen and oxygen atoms in total. The number of para-hydroxylation sites is 1. The highest BCUT2D eigenvalue weighted by Gasteiger charge is 2.48. The third-order valence-electron chi connectivity index (χ3n) is 6.50. The quantitative estimate of drug-likeness (QED) is 0.182. The maximum atomic E-state index is 13.6. The molecular formula is C29H25ClN2O5. The van der Waals surface area contributed by atoms with E-state index < -0.39 is 17.7 Å². The van der Waals surface area contributed by atoms with Crippen LogP contribution in [0.2, 0.25) is 5.02 Å². The van der Waals surface area contributed by atoms with Crippen LogP contribution in [0, 0.1) is 6.92 Å². The van der Waals surface area contributed by atoms with Gasteiger partial charge in [-0.15, -0.1) is 0 Å². The molecule has 0 spiro atoms. The van der Waals surface area contributed by atoms with Crippen molar-refractivity contribution in [3.05, 3.63) is 94.1 Å². The van der Waals surface area contributed by atoms with Gasteiger partial charge in [0.05, 0.1) is 30.4 Å². The third-order valence-corrected chi connectivity index (χ3v) is 6.81.